The Hall–Kier alpha value is -0.900. The Morgan fingerprint density at radius 1 is 1.54 bits per heavy atom. The fraction of sp³-hybridized carbons (Fsp3) is 0.556. The molecule has 72 valence electrons. The van der Waals surface area contributed by atoms with Crippen LogP contribution in [0, 0.1) is 13.8 Å². The summed E-state index contributed by atoms with van der Waals surface area (Å²) in [7, 11) is 1.80. The van der Waals surface area contributed by atoms with Crippen LogP contribution in [0.3, 0.4) is 0 Å². The number of amides is 1. The first-order chi connectivity index (χ1) is 6.06. The van der Waals surface area contributed by atoms with Crippen molar-refractivity contribution in [2.24, 2.45) is 0 Å². The minimum atomic E-state index is 0.0746. The van der Waals surface area contributed by atoms with E-state index in [9.17, 15) is 4.79 Å². The predicted molar refractivity (Wildman–Crippen MR) is 54.2 cm³/mol. The molecule has 0 aliphatic carbocycles. The summed E-state index contributed by atoms with van der Waals surface area (Å²) in [4.78, 5) is 18.4. The molecular weight excluding hydrogens is 184 g/mol. The lowest BCUT2D eigenvalue weighted by atomic mass is 10.3. The molecule has 0 unspecified atom stereocenters. The number of hydrogen-bond donors (Lipinski definition) is 0. The van der Waals surface area contributed by atoms with Crippen molar-refractivity contribution in [2.45, 2.75) is 20.8 Å². The van der Waals surface area contributed by atoms with Crippen molar-refractivity contribution in [1.82, 2.24) is 9.88 Å². The van der Waals surface area contributed by atoms with Gasteiger partial charge in [0.25, 0.3) is 5.91 Å². The molecule has 1 aromatic heterocycles. The van der Waals surface area contributed by atoms with Crippen molar-refractivity contribution < 1.29 is 4.79 Å². The summed E-state index contributed by atoms with van der Waals surface area (Å²) in [6.07, 6.45) is 0. The lowest BCUT2D eigenvalue weighted by Gasteiger charge is -2.12. The van der Waals surface area contributed by atoms with Crippen LogP contribution in [0.4, 0.5) is 0 Å². The van der Waals surface area contributed by atoms with Gasteiger partial charge in [-0.1, -0.05) is 0 Å². The molecule has 1 aromatic rings. The van der Waals surface area contributed by atoms with Crippen LogP contribution >= 0.6 is 11.3 Å². The van der Waals surface area contributed by atoms with Crippen molar-refractivity contribution in [3.63, 3.8) is 0 Å². The molecule has 1 amide bonds. The van der Waals surface area contributed by atoms with Gasteiger partial charge in [0.1, 0.15) is 4.88 Å². The highest BCUT2D eigenvalue weighted by Gasteiger charge is 2.16. The normalized spacial score (nSPS) is 10.2. The summed E-state index contributed by atoms with van der Waals surface area (Å²) >= 11 is 1.46. The Kier molecular flexibility index (Phi) is 3.03. The Labute approximate surface area is 82.4 Å². The van der Waals surface area contributed by atoms with Crippen LogP contribution in [-0.4, -0.2) is 29.4 Å². The zero-order valence-electron chi connectivity index (χ0n) is 8.42. The number of rotatable bonds is 2. The summed E-state index contributed by atoms with van der Waals surface area (Å²) in [5.41, 5.74) is 0.841. The standard InChI is InChI=1S/C9H14N2OS/c1-5-11(4)9(12)8-6(2)10-7(3)13-8/h5H2,1-4H3. The highest BCUT2D eigenvalue weighted by Crippen LogP contribution is 2.18. The smallest absolute Gasteiger partial charge is 0.265 e. The van der Waals surface area contributed by atoms with E-state index in [4.69, 9.17) is 0 Å². The molecule has 4 heteroatoms. The Balaban J connectivity index is 2.94. The maximum Gasteiger partial charge on any atom is 0.265 e. The molecule has 1 rings (SSSR count). The average Bonchev–Trinajstić information content (AvgIpc) is 2.42. The number of carbonyl (C=O) groups is 1. The summed E-state index contributed by atoms with van der Waals surface area (Å²) < 4.78 is 0. The van der Waals surface area contributed by atoms with E-state index in [0.29, 0.717) is 0 Å². The van der Waals surface area contributed by atoms with E-state index < -0.39 is 0 Å². The third-order valence-electron chi connectivity index (χ3n) is 1.92. The molecule has 0 aliphatic rings. The van der Waals surface area contributed by atoms with E-state index in [0.717, 1.165) is 22.1 Å². The minimum Gasteiger partial charge on any atom is -0.341 e. The molecular formula is C9H14N2OS. The second-order valence-electron chi connectivity index (χ2n) is 2.97. The monoisotopic (exact) mass is 198 g/mol. The van der Waals surface area contributed by atoms with Crippen LogP contribution < -0.4 is 0 Å². The zero-order valence-corrected chi connectivity index (χ0v) is 9.23. The van der Waals surface area contributed by atoms with Gasteiger partial charge >= 0.3 is 0 Å². The molecule has 1 heterocycles. The molecule has 0 saturated carbocycles. The van der Waals surface area contributed by atoms with Crippen LogP contribution in [0.15, 0.2) is 0 Å². The first kappa shape index (κ1) is 10.2. The van der Waals surface area contributed by atoms with E-state index in [1.54, 1.807) is 11.9 Å². The molecule has 3 nitrogen and oxygen atoms in total. The highest BCUT2D eigenvalue weighted by atomic mass is 32.1. The zero-order chi connectivity index (χ0) is 10.0. The van der Waals surface area contributed by atoms with Gasteiger partial charge in [0.2, 0.25) is 0 Å². The lowest BCUT2D eigenvalue weighted by Crippen LogP contribution is -2.25. The number of carbonyl (C=O) groups excluding carboxylic acids is 1. The van der Waals surface area contributed by atoms with Crippen LogP contribution in [-0.2, 0) is 0 Å². The van der Waals surface area contributed by atoms with Crippen LogP contribution in [0.5, 0.6) is 0 Å². The summed E-state index contributed by atoms with van der Waals surface area (Å²) in [6, 6.07) is 0. The molecule has 0 radical (unpaired) electrons. The van der Waals surface area contributed by atoms with Gasteiger partial charge in [-0.25, -0.2) is 4.98 Å². The summed E-state index contributed by atoms with van der Waals surface area (Å²) in [5, 5.41) is 0.949. The van der Waals surface area contributed by atoms with E-state index in [-0.39, 0.29) is 5.91 Å². The van der Waals surface area contributed by atoms with Crippen LogP contribution in [0.25, 0.3) is 0 Å². The predicted octanol–water partition coefficient (Wildman–Crippen LogP) is 1.85. The second-order valence-corrected chi connectivity index (χ2v) is 4.17. The van der Waals surface area contributed by atoms with Crippen molar-refractivity contribution in [2.75, 3.05) is 13.6 Å². The van der Waals surface area contributed by atoms with Gasteiger partial charge in [-0.3, -0.25) is 4.79 Å². The lowest BCUT2D eigenvalue weighted by molar-refractivity contribution is 0.0806. The Bertz CT molecular complexity index is 319. The van der Waals surface area contributed by atoms with Crippen LogP contribution in [0.2, 0.25) is 0 Å². The molecule has 0 bridgehead atoms. The molecule has 13 heavy (non-hydrogen) atoms. The van der Waals surface area contributed by atoms with E-state index in [1.165, 1.54) is 11.3 Å². The fourth-order valence-corrected chi connectivity index (χ4v) is 1.96. The molecule has 0 spiro atoms. The molecule has 0 aromatic carbocycles. The first-order valence-electron chi connectivity index (χ1n) is 4.25. The second kappa shape index (κ2) is 3.87. The van der Waals surface area contributed by atoms with Gasteiger partial charge < -0.3 is 4.90 Å². The number of nitrogens with zero attached hydrogens (tertiary/aromatic N) is 2. The van der Waals surface area contributed by atoms with Crippen molar-refractivity contribution in [1.29, 1.82) is 0 Å². The molecule has 0 saturated heterocycles. The molecule has 0 fully saturated rings. The van der Waals surface area contributed by atoms with Gasteiger partial charge in [-0.05, 0) is 20.8 Å². The molecule has 0 N–H and O–H groups in total. The largest absolute Gasteiger partial charge is 0.341 e. The van der Waals surface area contributed by atoms with Gasteiger partial charge in [-0.15, -0.1) is 11.3 Å². The van der Waals surface area contributed by atoms with Crippen molar-refractivity contribution in [3.8, 4) is 0 Å². The van der Waals surface area contributed by atoms with Gasteiger partial charge in [-0.2, -0.15) is 0 Å². The maximum absolute atomic E-state index is 11.7. The SMILES string of the molecule is CCN(C)C(=O)c1sc(C)nc1C. The number of hydrogen-bond acceptors (Lipinski definition) is 3. The van der Waals surface area contributed by atoms with Gasteiger partial charge in [0, 0.05) is 13.6 Å². The molecule has 0 atom stereocenters. The fourth-order valence-electron chi connectivity index (χ4n) is 1.05. The van der Waals surface area contributed by atoms with Crippen LogP contribution in [0.1, 0.15) is 27.3 Å². The van der Waals surface area contributed by atoms with Crippen molar-refractivity contribution >= 4 is 17.2 Å². The van der Waals surface area contributed by atoms with E-state index >= 15 is 0 Å². The number of aromatic nitrogens is 1. The van der Waals surface area contributed by atoms with E-state index in [2.05, 4.69) is 4.98 Å². The minimum absolute atomic E-state index is 0.0746. The Morgan fingerprint density at radius 2 is 2.15 bits per heavy atom. The highest BCUT2D eigenvalue weighted by molar-refractivity contribution is 7.13. The third-order valence-corrected chi connectivity index (χ3v) is 2.98. The van der Waals surface area contributed by atoms with Gasteiger partial charge in [0.05, 0.1) is 10.7 Å². The van der Waals surface area contributed by atoms with Crippen molar-refractivity contribution in [3.05, 3.63) is 15.6 Å². The van der Waals surface area contributed by atoms with E-state index in [1.807, 2.05) is 20.8 Å². The quantitative estimate of drug-likeness (QED) is 0.726. The van der Waals surface area contributed by atoms with Gasteiger partial charge in [0.15, 0.2) is 0 Å². The number of aryl methyl sites for hydroxylation is 2. The topological polar surface area (TPSA) is 33.2 Å². The number of thiazole rings is 1. The average molecular weight is 198 g/mol. The summed E-state index contributed by atoms with van der Waals surface area (Å²) in [6.45, 7) is 6.48. The molecule has 0 aliphatic heterocycles. The first-order valence-corrected chi connectivity index (χ1v) is 5.07. The third kappa shape index (κ3) is 2.06. The summed E-state index contributed by atoms with van der Waals surface area (Å²) in [5.74, 6) is 0.0746. The maximum atomic E-state index is 11.7. The Morgan fingerprint density at radius 3 is 2.54 bits per heavy atom.